The lowest BCUT2D eigenvalue weighted by molar-refractivity contribution is 0.102. The molecule has 0 fully saturated rings. The molecule has 2 aromatic heterocycles. The molecule has 0 atom stereocenters. The van der Waals surface area contributed by atoms with Crippen molar-refractivity contribution in [2.24, 2.45) is 12.8 Å². The highest BCUT2D eigenvalue weighted by molar-refractivity contribution is 9.10. The molecule has 0 spiro atoms. The summed E-state index contributed by atoms with van der Waals surface area (Å²) in [6.07, 6.45) is 3.15. The lowest BCUT2D eigenvalue weighted by Gasteiger charge is -1.98. The molecule has 0 amide bonds. The van der Waals surface area contributed by atoms with Crippen LogP contribution in [0, 0.1) is 0 Å². The van der Waals surface area contributed by atoms with Crippen molar-refractivity contribution in [2.45, 2.75) is 6.54 Å². The predicted octanol–water partition coefficient (Wildman–Crippen LogP) is -0.0362. The Morgan fingerprint density at radius 1 is 1.59 bits per heavy atom. The molecule has 0 saturated carbocycles. The van der Waals surface area contributed by atoms with Crippen LogP contribution in [0.3, 0.4) is 0 Å². The number of aryl methyl sites for hydroxylation is 1. The molecule has 17 heavy (non-hydrogen) atoms. The summed E-state index contributed by atoms with van der Waals surface area (Å²) in [5.41, 5.74) is 6.12. The number of nitrogens with two attached hydrogens (primary N) is 1. The SMILES string of the molecule is Cn1ncc(Br)c1C(=O)c1cn(CCN)nn1. The quantitative estimate of drug-likeness (QED) is 0.800. The van der Waals surface area contributed by atoms with Gasteiger partial charge in [0.1, 0.15) is 5.69 Å². The minimum atomic E-state index is -0.222. The highest BCUT2D eigenvalue weighted by Gasteiger charge is 2.20. The number of carbonyl (C=O) groups is 1. The van der Waals surface area contributed by atoms with Gasteiger partial charge in [-0.05, 0) is 15.9 Å². The number of hydrogen-bond donors (Lipinski definition) is 1. The van der Waals surface area contributed by atoms with Gasteiger partial charge in [-0.25, -0.2) is 0 Å². The predicted molar refractivity (Wildman–Crippen MR) is 63.4 cm³/mol. The van der Waals surface area contributed by atoms with Crippen LogP contribution in [-0.2, 0) is 13.6 Å². The second-order valence-electron chi connectivity index (χ2n) is 3.45. The Hall–Kier alpha value is -1.54. The number of ketones is 1. The van der Waals surface area contributed by atoms with E-state index in [1.165, 1.54) is 9.36 Å². The van der Waals surface area contributed by atoms with E-state index in [1.54, 1.807) is 19.4 Å². The van der Waals surface area contributed by atoms with Gasteiger partial charge in [0.25, 0.3) is 0 Å². The average Bonchev–Trinajstić information content (AvgIpc) is 2.87. The van der Waals surface area contributed by atoms with Gasteiger partial charge in [0, 0.05) is 13.6 Å². The summed E-state index contributed by atoms with van der Waals surface area (Å²) in [4.78, 5) is 12.1. The van der Waals surface area contributed by atoms with Crippen molar-refractivity contribution in [1.29, 1.82) is 0 Å². The fourth-order valence-corrected chi connectivity index (χ4v) is 1.96. The first kappa shape index (κ1) is 11.9. The van der Waals surface area contributed by atoms with Gasteiger partial charge in [-0.3, -0.25) is 14.2 Å². The van der Waals surface area contributed by atoms with Crippen LogP contribution in [0.15, 0.2) is 16.9 Å². The fraction of sp³-hybridized carbons (Fsp3) is 0.333. The molecule has 2 N–H and O–H groups in total. The number of hydrogen-bond acceptors (Lipinski definition) is 5. The molecule has 0 aromatic carbocycles. The van der Waals surface area contributed by atoms with E-state index >= 15 is 0 Å². The molecular weight excluding hydrogens is 288 g/mol. The monoisotopic (exact) mass is 298 g/mol. The molecule has 2 aromatic rings. The molecule has 2 rings (SSSR count). The first-order valence-electron chi connectivity index (χ1n) is 4.96. The Labute approximate surface area is 106 Å². The zero-order valence-corrected chi connectivity index (χ0v) is 10.8. The van der Waals surface area contributed by atoms with E-state index in [2.05, 4.69) is 31.3 Å². The lowest BCUT2D eigenvalue weighted by Crippen LogP contribution is -2.10. The minimum absolute atomic E-state index is 0.222. The molecule has 8 heteroatoms. The lowest BCUT2D eigenvalue weighted by atomic mass is 10.2. The molecule has 90 valence electrons. The number of aromatic nitrogens is 5. The Balaban J connectivity index is 2.31. The fourth-order valence-electron chi connectivity index (χ4n) is 1.43. The Kier molecular flexibility index (Phi) is 3.34. The van der Waals surface area contributed by atoms with E-state index < -0.39 is 0 Å². The van der Waals surface area contributed by atoms with E-state index in [0.717, 1.165) is 0 Å². The van der Waals surface area contributed by atoms with Gasteiger partial charge in [-0.2, -0.15) is 5.10 Å². The molecule has 0 aliphatic rings. The molecule has 0 unspecified atom stereocenters. The summed E-state index contributed by atoms with van der Waals surface area (Å²) in [6, 6.07) is 0. The highest BCUT2D eigenvalue weighted by Crippen LogP contribution is 2.17. The van der Waals surface area contributed by atoms with Crippen molar-refractivity contribution < 1.29 is 4.79 Å². The zero-order valence-electron chi connectivity index (χ0n) is 9.17. The summed E-state index contributed by atoms with van der Waals surface area (Å²) in [5.74, 6) is -0.222. The largest absolute Gasteiger partial charge is 0.329 e. The van der Waals surface area contributed by atoms with Crippen molar-refractivity contribution in [3.63, 3.8) is 0 Å². The normalized spacial score (nSPS) is 10.8. The van der Waals surface area contributed by atoms with Crippen molar-refractivity contribution in [3.8, 4) is 0 Å². The number of carbonyl (C=O) groups excluding carboxylic acids is 1. The first-order chi connectivity index (χ1) is 8.13. The number of nitrogens with zero attached hydrogens (tertiary/aromatic N) is 5. The van der Waals surface area contributed by atoms with Gasteiger partial charge >= 0.3 is 0 Å². The van der Waals surface area contributed by atoms with Crippen LogP contribution in [0.1, 0.15) is 16.2 Å². The highest BCUT2D eigenvalue weighted by atomic mass is 79.9. The summed E-state index contributed by atoms with van der Waals surface area (Å²) < 4.78 is 3.67. The smallest absolute Gasteiger partial charge is 0.234 e. The minimum Gasteiger partial charge on any atom is -0.329 e. The van der Waals surface area contributed by atoms with Gasteiger partial charge in [-0.1, -0.05) is 5.21 Å². The summed E-state index contributed by atoms with van der Waals surface area (Å²) in [7, 11) is 1.70. The maximum absolute atomic E-state index is 12.1. The maximum atomic E-state index is 12.1. The van der Waals surface area contributed by atoms with Gasteiger partial charge in [0.05, 0.1) is 23.4 Å². The van der Waals surface area contributed by atoms with Crippen molar-refractivity contribution >= 4 is 21.7 Å². The third kappa shape index (κ3) is 2.27. The Bertz CT molecular complexity index is 526. The van der Waals surface area contributed by atoms with E-state index in [4.69, 9.17) is 5.73 Å². The van der Waals surface area contributed by atoms with Crippen LogP contribution in [0.5, 0.6) is 0 Å². The average molecular weight is 299 g/mol. The second-order valence-corrected chi connectivity index (χ2v) is 4.30. The van der Waals surface area contributed by atoms with Crippen LogP contribution in [0.4, 0.5) is 0 Å². The number of halogens is 1. The van der Waals surface area contributed by atoms with Gasteiger partial charge in [0.15, 0.2) is 5.69 Å². The van der Waals surface area contributed by atoms with E-state index in [9.17, 15) is 4.79 Å². The van der Waals surface area contributed by atoms with Crippen molar-refractivity contribution in [2.75, 3.05) is 6.54 Å². The summed E-state index contributed by atoms with van der Waals surface area (Å²) in [6.45, 7) is 0.985. The summed E-state index contributed by atoms with van der Waals surface area (Å²) >= 11 is 3.27. The van der Waals surface area contributed by atoms with Crippen LogP contribution < -0.4 is 5.73 Å². The van der Waals surface area contributed by atoms with Gasteiger partial charge in [0.2, 0.25) is 5.78 Å². The maximum Gasteiger partial charge on any atom is 0.234 e. The van der Waals surface area contributed by atoms with Crippen LogP contribution >= 0.6 is 15.9 Å². The zero-order chi connectivity index (χ0) is 12.4. The van der Waals surface area contributed by atoms with Crippen LogP contribution in [-0.4, -0.2) is 37.1 Å². The molecule has 0 aliphatic carbocycles. The van der Waals surface area contributed by atoms with Crippen LogP contribution in [0.2, 0.25) is 0 Å². The number of rotatable bonds is 4. The first-order valence-corrected chi connectivity index (χ1v) is 5.75. The second kappa shape index (κ2) is 4.76. The Morgan fingerprint density at radius 2 is 2.35 bits per heavy atom. The molecular formula is C9H11BrN6O. The van der Waals surface area contributed by atoms with Gasteiger partial charge in [-0.15, -0.1) is 5.10 Å². The molecule has 0 bridgehead atoms. The van der Waals surface area contributed by atoms with E-state index in [-0.39, 0.29) is 11.5 Å². The van der Waals surface area contributed by atoms with E-state index in [1.807, 2.05) is 0 Å². The van der Waals surface area contributed by atoms with Crippen molar-refractivity contribution in [1.82, 2.24) is 24.8 Å². The van der Waals surface area contributed by atoms with E-state index in [0.29, 0.717) is 23.3 Å². The molecule has 0 aliphatic heterocycles. The third-order valence-electron chi connectivity index (χ3n) is 2.24. The summed E-state index contributed by atoms with van der Waals surface area (Å²) in [5, 5.41) is 11.6. The van der Waals surface area contributed by atoms with Crippen molar-refractivity contribution in [3.05, 3.63) is 28.3 Å². The van der Waals surface area contributed by atoms with Crippen LogP contribution in [0.25, 0.3) is 0 Å². The van der Waals surface area contributed by atoms with Gasteiger partial charge < -0.3 is 5.73 Å². The Morgan fingerprint density at radius 3 is 2.94 bits per heavy atom. The molecule has 0 radical (unpaired) electrons. The molecule has 7 nitrogen and oxygen atoms in total. The standard InChI is InChI=1S/C9H11BrN6O/c1-15-8(6(10)4-12-15)9(17)7-5-16(3-2-11)14-13-7/h4-5H,2-3,11H2,1H3. The molecule has 0 saturated heterocycles. The molecule has 2 heterocycles. The third-order valence-corrected chi connectivity index (χ3v) is 2.82. The topological polar surface area (TPSA) is 91.6 Å².